The highest BCUT2D eigenvalue weighted by Crippen LogP contribution is 2.18. The molecule has 0 radical (unpaired) electrons. The fourth-order valence-electron chi connectivity index (χ4n) is 3.42. The minimum Gasteiger partial charge on any atom is -0.485 e. The zero-order chi connectivity index (χ0) is 19.1. The monoisotopic (exact) mass is 362 g/mol. The van der Waals surface area contributed by atoms with Gasteiger partial charge in [-0.25, -0.2) is 0 Å². The molecule has 2 heteroatoms. The van der Waals surface area contributed by atoms with E-state index >= 15 is 0 Å². The highest BCUT2D eigenvalue weighted by Gasteiger charge is 2.21. The van der Waals surface area contributed by atoms with Gasteiger partial charge in [0.1, 0.15) is 18.4 Å². The summed E-state index contributed by atoms with van der Waals surface area (Å²) in [7, 11) is 4.61. The van der Waals surface area contributed by atoms with Crippen LogP contribution in [0.15, 0.2) is 30.3 Å². The van der Waals surface area contributed by atoms with Crippen molar-refractivity contribution in [1.82, 2.24) is 0 Å². The molecule has 0 N–H and O–H groups in total. The number of benzene rings is 1. The Morgan fingerprint density at radius 2 is 1.31 bits per heavy atom. The lowest BCUT2D eigenvalue weighted by molar-refractivity contribution is -0.891. The van der Waals surface area contributed by atoms with Crippen LogP contribution < -0.4 is 4.74 Å². The van der Waals surface area contributed by atoms with E-state index in [1.54, 1.807) is 0 Å². The van der Waals surface area contributed by atoms with Gasteiger partial charge in [-0.05, 0) is 31.9 Å². The predicted molar refractivity (Wildman–Crippen MR) is 115 cm³/mol. The fourth-order valence-corrected chi connectivity index (χ4v) is 3.42. The summed E-state index contributed by atoms with van der Waals surface area (Å²) in [5.74, 6) is 1.01. The number of ether oxygens (including phenoxy) is 1. The summed E-state index contributed by atoms with van der Waals surface area (Å²) in [5.41, 5.74) is 0. The number of likely N-dealkylation sites (N-methyl/N-ethyl adjacent to an activating group) is 1. The molecule has 2 nitrogen and oxygen atoms in total. The molecule has 1 atom stereocenters. The van der Waals surface area contributed by atoms with Gasteiger partial charge in [-0.2, -0.15) is 0 Å². The molecule has 1 aromatic rings. The normalized spacial score (nSPS) is 12.9. The number of quaternary nitrogens is 1. The van der Waals surface area contributed by atoms with Crippen LogP contribution in [0.4, 0.5) is 0 Å². The molecule has 0 aliphatic heterocycles. The smallest absolute Gasteiger partial charge is 0.147 e. The van der Waals surface area contributed by atoms with Crippen molar-refractivity contribution in [2.45, 2.75) is 90.6 Å². The minimum absolute atomic E-state index is 0.321. The van der Waals surface area contributed by atoms with E-state index in [4.69, 9.17) is 4.74 Å². The molecule has 0 aliphatic carbocycles. The molecule has 0 bridgehead atoms. The van der Waals surface area contributed by atoms with E-state index in [1.165, 1.54) is 70.6 Å². The Hall–Kier alpha value is -1.02. The van der Waals surface area contributed by atoms with Crippen LogP contribution in [0.1, 0.15) is 84.5 Å². The molecule has 0 saturated heterocycles. The summed E-state index contributed by atoms with van der Waals surface area (Å²) in [6.07, 6.45) is 15.4. The molecule has 0 aliphatic rings. The van der Waals surface area contributed by atoms with Crippen molar-refractivity contribution in [2.24, 2.45) is 0 Å². The molecule has 150 valence electrons. The van der Waals surface area contributed by atoms with Crippen LogP contribution >= 0.6 is 0 Å². The van der Waals surface area contributed by atoms with Gasteiger partial charge in [0, 0.05) is 0 Å². The topological polar surface area (TPSA) is 9.23 Å². The molecule has 1 unspecified atom stereocenters. The van der Waals surface area contributed by atoms with E-state index in [9.17, 15) is 0 Å². The standard InChI is InChI=1S/C24H44NO/c1-5-7-8-9-10-11-12-13-14-16-21-24(22-25(3,4)6-2)26-23-19-17-15-18-20-23/h15,17-20,24H,5-14,16,21-22H2,1-4H3/q+1. The molecule has 0 heterocycles. The van der Waals surface area contributed by atoms with E-state index in [-0.39, 0.29) is 0 Å². The molecular weight excluding hydrogens is 318 g/mol. The van der Waals surface area contributed by atoms with E-state index in [1.807, 2.05) is 0 Å². The summed E-state index contributed by atoms with van der Waals surface area (Å²) >= 11 is 0. The molecular formula is C24H44NO+. The summed E-state index contributed by atoms with van der Waals surface area (Å²) in [4.78, 5) is 0. The Morgan fingerprint density at radius 3 is 1.85 bits per heavy atom. The van der Waals surface area contributed by atoms with Crippen molar-refractivity contribution in [3.8, 4) is 5.75 Å². The lowest BCUT2D eigenvalue weighted by Gasteiger charge is -2.32. The van der Waals surface area contributed by atoms with Gasteiger partial charge in [0.2, 0.25) is 0 Å². The first-order chi connectivity index (χ1) is 12.6. The third-order valence-corrected chi connectivity index (χ3v) is 5.48. The number of rotatable bonds is 16. The average molecular weight is 363 g/mol. The Morgan fingerprint density at radius 1 is 0.769 bits per heavy atom. The van der Waals surface area contributed by atoms with Gasteiger partial charge in [0.25, 0.3) is 0 Å². The molecule has 0 saturated carbocycles. The van der Waals surface area contributed by atoms with Gasteiger partial charge < -0.3 is 9.22 Å². The number of hydrogen-bond acceptors (Lipinski definition) is 1. The summed E-state index contributed by atoms with van der Waals surface area (Å²) in [6, 6.07) is 10.3. The summed E-state index contributed by atoms with van der Waals surface area (Å²) in [5, 5.41) is 0. The number of unbranched alkanes of at least 4 members (excludes halogenated alkanes) is 9. The number of para-hydroxylation sites is 1. The van der Waals surface area contributed by atoms with Gasteiger partial charge in [-0.1, -0.05) is 82.9 Å². The fraction of sp³-hybridized carbons (Fsp3) is 0.750. The molecule has 0 aromatic heterocycles. The molecule has 0 fully saturated rings. The van der Waals surface area contributed by atoms with E-state index in [2.05, 4.69) is 58.3 Å². The van der Waals surface area contributed by atoms with Gasteiger partial charge in [0.15, 0.2) is 0 Å². The highest BCUT2D eigenvalue weighted by molar-refractivity contribution is 5.21. The SMILES string of the molecule is CCCCCCCCCCCCC(C[N+](C)(C)CC)Oc1ccccc1. The Labute approximate surface area is 163 Å². The molecule has 26 heavy (non-hydrogen) atoms. The second-order valence-electron chi connectivity index (χ2n) is 8.46. The molecule has 1 aromatic carbocycles. The third kappa shape index (κ3) is 11.6. The highest BCUT2D eigenvalue weighted by atomic mass is 16.5. The second-order valence-corrected chi connectivity index (χ2v) is 8.46. The largest absolute Gasteiger partial charge is 0.485 e. The van der Waals surface area contributed by atoms with Crippen LogP contribution in [0, 0.1) is 0 Å². The number of hydrogen-bond donors (Lipinski definition) is 0. The van der Waals surface area contributed by atoms with Crippen LogP contribution in [0.25, 0.3) is 0 Å². The molecule has 1 rings (SSSR count). The first kappa shape index (κ1) is 23.0. The lowest BCUT2D eigenvalue weighted by Crippen LogP contribution is -2.46. The van der Waals surface area contributed by atoms with E-state index < -0.39 is 0 Å². The first-order valence-corrected chi connectivity index (χ1v) is 11.1. The first-order valence-electron chi connectivity index (χ1n) is 11.1. The molecule has 0 spiro atoms. The third-order valence-electron chi connectivity index (χ3n) is 5.48. The number of nitrogens with zero attached hydrogens (tertiary/aromatic N) is 1. The maximum atomic E-state index is 6.32. The van der Waals surface area contributed by atoms with Crippen LogP contribution in [0.3, 0.4) is 0 Å². The predicted octanol–water partition coefficient (Wildman–Crippen LogP) is 6.84. The van der Waals surface area contributed by atoms with Crippen molar-refractivity contribution >= 4 is 0 Å². The van der Waals surface area contributed by atoms with E-state index in [0.717, 1.165) is 23.3 Å². The van der Waals surface area contributed by atoms with Crippen molar-refractivity contribution < 1.29 is 9.22 Å². The van der Waals surface area contributed by atoms with Crippen LogP contribution in [-0.2, 0) is 0 Å². The van der Waals surface area contributed by atoms with Gasteiger partial charge in [0.05, 0.1) is 20.6 Å². The summed E-state index contributed by atoms with van der Waals surface area (Å²) < 4.78 is 7.34. The minimum atomic E-state index is 0.321. The summed E-state index contributed by atoms with van der Waals surface area (Å²) in [6.45, 7) is 6.78. The maximum absolute atomic E-state index is 6.32. The van der Waals surface area contributed by atoms with Gasteiger partial charge in [-0.3, -0.25) is 0 Å². The second kappa shape index (κ2) is 14.1. The maximum Gasteiger partial charge on any atom is 0.147 e. The Kier molecular flexibility index (Phi) is 12.5. The van der Waals surface area contributed by atoms with Crippen molar-refractivity contribution in [2.75, 3.05) is 27.2 Å². The Bertz CT molecular complexity index is 429. The van der Waals surface area contributed by atoms with Crippen LogP contribution in [0.5, 0.6) is 5.75 Å². The zero-order valence-corrected chi connectivity index (χ0v) is 18.0. The zero-order valence-electron chi connectivity index (χ0n) is 18.0. The van der Waals surface area contributed by atoms with Gasteiger partial charge in [-0.15, -0.1) is 0 Å². The molecule has 0 amide bonds. The van der Waals surface area contributed by atoms with Gasteiger partial charge >= 0.3 is 0 Å². The van der Waals surface area contributed by atoms with Crippen LogP contribution in [0.2, 0.25) is 0 Å². The van der Waals surface area contributed by atoms with Crippen molar-refractivity contribution in [3.05, 3.63) is 30.3 Å². The van der Waals surface area contributed by atoms with Crippen molar-refractivity contribution in [3.63, 3.8) is 0 Å². The van der Waals surface area contributed by atoms with Crippen molar-refractivity contribution in [1.29, 1.82) is 0 Å². The average Bonchev–Trinajstić information content (AvgIpc) is 2.63. The van der Waals surface area contributed by atoms with Crippen LogP contribution in [-0.4, -0.2) is 37.8 Å². The van der Waals surface area contributed by atoms with E-state index in [0.29, 0.717) is 6.10 Å². The lowest BCUT2D eigenvalue weighted by atomic mass is 10.0. The Balaban J connectivity index is 2.24. The quantitative estimate of drug-likeness (QED) is 0.231.